The van der Waals surface area contributed by atoms with Crippen molar-refractivity contribution in [3.8, 4) is 0 Å². The van der Waals surface area contributed by atoms with Gasteiger partial charge in [-0.2, -0.15) is 0 Å². The molecule has 0 heterocycles. The molecule has 1 aromatic rings. The van der Waals surface area contributed by atoms with Crippen LogP contribution in [-0.2, 0) is 4.79 Å². The SMILES string of the molecule is [N-]=[N+]=NCCNC(C(N)=O)c1cc(F)cc(F)c1. The number of nitrogens with two attached hydrogens (primary N) is 1. The minimum absolute atomic E-state index is 0.0842. The molecule has 0 fully saturated rings. The van der Waals surface area contributed by atoms with Crippen molar-refractivity contribution < 1.29 is 13.6 Å². The van der Waals surface area contributed by atoms with Gasteiger partial charge >= 0.3 is 0 Å². The Morgan fingerprint density at radius 2 is 2.06 bits per heavy atom. The van der Waals surface area contributed by atoms with E-state index in [0.717, 1.165) is 12.1 Å². The van der Waals surface area contributed by atoms with Crippen LogP contribution in [0.4, 0.5) is 8.78 Å². The van der Waals surface area contributed by atoms with Crippen molar-refractivity contribution in [1.82, 2.24) is 5.32 Å². The molecule has 0 saturated heterocycles. The maximum atomic E-state index is 13.0. The van der Waals surface area contributed by atoms with Crippen molar-refractivity contribution in [2.24, 2.45) is 10.8 Å². The molecule has 0 spiro atoms. The molecule has 18 heavy (non-hydrogen) atoms. The van der Waals surface area contributed by atoms with E-state index in [1.807, 2.05) is 0 Å². The quantitative estimate of drug-likeness (QED) is 0.347. The molecule has 0 radical (unpaired) electrons. The van der Waals surface area contributed by atoms with E-state index in [1.54, 1.807) is 0 Å². The highest BCUT2D eigenvalue weighted by molar-refractivity contribution is 5.81. The van der Waals surface area contributed by atoms with Crippen LogP contribution in [-0.4, -0.2) is 19.0 Å². The van der Waals surface area contributed by atoms with Gasteiger partial charge in [0.25, 0.3) is 0 Å². The Hall–Kier alpha value is -2.18. The van der Waals surface area contributed by atoms with Crippen LogP contribution in [0.1, 0.15) is 11.6 Å². The highest BCUT2D eigenvalue weighted by atomic mass is 19.1. The van der Waals surface area contributed by atoms with Crippen molar-refractivity contribution in [3.63, 3.8) is 0 Å². The molecule has 0 aromatic heterocycles. The number of nitrogens with one attached hydrogen (secondary N) is 1. The van der Waals surface area contributed by atoms with Crippen LogP contribution in [0.25, 0.3) is 10.4 Å². The van der Waals surface area contributed by atoms with Gasteiger partial charge in [-0.05, 0) is 23.2 Å². The van der Waals surface area contributed by atoms with Gasteiger partial charge in [-0.15, -0.1) is 0 Å². The number of hydrogen-bond donors (Lipinski definition) is 2. The zero-order chi connectivity index (χ0) is 13.5. The summed E-state index contributed by atoms with van der Waals surface area (Å²) in [6.07, 6.45) is 0. The maximum Gasteiger partial charge on any atom is 0.239 e. The first-order chi connectivity index (χ1) is 8.54. The van der Waals surface area contributed by atoms with E-state index in [0.29, 0.717) is 6.07 Å². The third-order valence-electron chi connectivity index (χ3n) is 2.13. The number of amides is 1. The molecule has 8 heteroatoms. The van der Waals surface area contributed by atoms with Crippen LogP contribution in [0.2, 0.25) is 0 Å². The van der Waals surface area contributed by atoms with Gasteiger partial charge in [0, 0.05) is 24.1 Å². The molecule has 0 saturated carbocycles. The van der Waals surface area contributed by atoms with E-state index in [9.17, 15) is 13.6 Å². The molecule has 0 aliphatic carbocycles. The molecule has 0 aliphatic heterocycles. The van der Waals surface area contributed by atoms with E-state index < -0.39 is 23.6 Å². The van der Waals surface area contributed by atoms with E-state index in [-0.39, 0.29) is 18.7 Å². The highest BCUT2D eigenvalue weighted by Gasteiger charge is 2.18. The van der Waals surface area contributed by atoms with Crippen LogP contribution in [0, 0.1) is 11.6 Å². The van der Waals surface area contributed by atoms with Crippen molar-refractivity contribution in [2.45, 2.75) is 6.04 Å². The third-order valence-corrected chi connectivity index (χ3v) is 2.13. The number of primary amides is 1. The number of benzene rings is 1. The second-order valence-corrected chi connectivity index (χ2v) is 3.45. The summed E-state index contributed by atoms with van der Waals surface area (Å²) in [5, 5.41) is 5.90. The van der Waals surface area contributed by atoms with Crippen LogP contribution in [0.15, 0.2) is 23.3 Å². The largest absolute Gasteiger partial charge is 0.368 e. The van der Waals surface area contributed by atoms with Crippen molar-refractivity contribution in [1.29, 1.82) is 0 Å². The fourth-order valence-electron chi connectivity index (χ4n) is 1.43. The van der Waals surface area contributed by atoms with Gasteiger partial charge in [0.05, 0.1) is 0 Å². The minimum Gasteiger partial charge on any atom is -0.368 e. The average molecular weight is 255 g/mol. The number of rotatable bonds is 6. The predicted octanol–water partition coefficient (Wildman–Crippen LogP) is 1.39. The van der Waals surface area contributed by atoms with Gasteiger partial charge in [0.1, 0.15) is 17.7 Å². The summed E-state index contributed by atoms with van der Waals surface area (Å²) >= 11 is 0. The van der Waals surface area contributed by atoms with E-state index >= 15 is 0 Å². The molecule has 3 N–H and O–H groups in total. The Morgan fingerprint density at radius 1 is 1.44 bits per heavy atom. The fraction of sp³-hybridized carbons (Fsp3) is 0.300. The molecule has 6 nitrogen and oxygen atoms in total. The molecular formula is C10H11F2N5O. The molecule has 96 valence electrons. The van der Waals surface area contributed by atoms with Crippen molar-refractivity contribution in [2.75, 3.05) is 13.1 Å². The van der Waals surface area contributed by atoms with Crippen LogP contribution in [0.3, 0.4) is 0 Å². The van der Waals surface area contributed by atoms with Gasteiger partial charge in [-0.1, -0.05) is 5.11 Å². The van der Waals surface area contributed by atoms with Gasteiger partial charge in [0.2, 0.25) is 5.91 Å². The second kappa shape index (κ2) is 6.53. The zero-order valence-corrected chi connectivity index (χ0v) is 9.31. The first-order valence-electron chi connectivity index (χ1n) is 5.04. The molecule has 1 rings (SSSR count). The van der Waals surface area contributed by atoms with Gasteiger partial charge in [-0.25, -0.2) is 8.78 Å². The Balaban J connectivity index is 2.83. The lowest BCUT2D eigenvalue weighted by Gasteiger charge is -2.15. The highest BCUT2D eigenvalue weighted by Crippen LogP contribution is 2.16. The molecule has 1 atom stereocenters. The standard InChI is InChI=1S/C10H11F2N5O/c11-7-3-6(4-8(12)5-7)9(10(13)18)15-1-2-16-17-14/h3-5,9,15H,1-2H2,(H2,13,18). The second-order valence-electron chi connectivity index (χ2n) is 3.45. The molecule has 0 aliphatic rings. The lowest BCUT2D eigenvalue weighted by molar-refractivity contribution is -0.120. The summed E-state index contributed by atoms with van der Waals surface area (Å²) in [7, 11) is 0. The van der Waals surface area contributed by atoms with E-state index in [2.05, 4.69) is 15.3 Å². The fourth-order valence-corrected chi connectivity index (χ4v) is 1.43. The Morgan fingerprint density at radius 3 is 2.56 bits per heavy atom. The average Bonchev–Trinajstić information content (AvgIpc) is 2.27. The Bertz CT molecular complexity index is 467. The first kappa shape index (κ1) is 13.9. The third kappa shape index (κ3) is 4.00. The molecule has 1 aromatic carbocycles. The lowest BCUT2D eigenvalue weighted by atomic mass is 10.1. The molecule has 1 amide bonds. The zero-order valence-electron chi connectivity index (χ0n) is 9.31. The summed E-state index contributed by atoms with van der Waals surface area (Å²) in [4.78, 5) is 13.7. The van der Waals surface area contributed by atoms with E-state index in [1.165, 1.54) is 0 Å². The summed E-state index contributed by atoms with van der Waals surface area (Å²) in [6, 6.07) is 1.68. The van der Waals surface area contributed by atoms with Crippen molar-refractivity contribution in [3.05, 3.63) is 45.8 Å². The van der Waals surface area contributed by atoms with Gasteiger partial charge in [0.15, 0.2) is 0 Å². The number of nitrogens with zero attached hydrogens (tertiary/aromatic N) is 3. The normalized spacial score (nSPS) is 11.7. The lowest BCUT2D eigenvalue weighted by Crippen LogP contribution is -2.35. The minimum atomic E-state index is -1.04. The Labute approximate surface area is 101 Å². The molecular weight excluding hydrogens is 244 g/mol. The van der Waals surface area contributed by atoms with Crippen LogP contribution in [0.5, 0.6) is 0 Å². The van der Waals surface area contributed by atoms with Crippen LogP contribution >= 0.6 is 0 Å². The van der Waals surface area contributed by atoms with Gasteiger partial charge in [-0.3, -0.25) is 4.79 Å². The molecule has 0 bridgehead atoms. The smallest absolute Gasteiger partial charge is 0.239 e. The Kier molecular flexibility index (Phi) is 5.04. The van der Waals surface area contributed by atoms with Crippen molar-refractivity contribution >= 4 is 5.91 Å². The topological polar surface area (TPSA) is 104 Å². The number of halogens is 2. The number of carbonyl (C=O) groups is 1. The van der Waals surface area contributed by atoms with Gasteiger partial charge < -0.3 is 11.1 Å². The molecule has 1 unspecified atom stereocenters. The maximum absolute atomic E-state index is 13.0. The predicted molar refractivity (Wildman–Crippen MR) is 60.3 cm³/mol. The summed E-state index contributed by atoms with van der Waals surface area (Å²) < 4.78 is 26.0. The first-order valence-corrected chi connectivity index (χ1v) is 5.04. The monoisotopic (exact) mass is 255 g/mol. The van der Waals surface area contributed by atoms with E-state index in [4.69, 9.17) is 11.3 Å². The summed E-state index contributed by atoms with van der Waals surface area (Å²) in [5.74, 6) is -2.37. The number of hydrogen-bond acceptors (Lipinski definition) is 3. The summed E-state index contributed by atoms with van der Waals surface area (Å²) in [5.41, 5.74) is 13.3. The number of carbonyl (C=O) groups excluding carboxylic acids is 1. The summed E-state index contributed by atoms with van der Waals surface area (Å²) in [6.45, 7) is 0.258. The number of azide groups is 1. The van der Waals surface area contributed by atoms with Crippen LogP contribution < -0.4 is 11.1 Å².